The summed E-state index contributed by atoms with van der Waals surface area (Å²) < 4.78 is 44.8. The van der Waals surface area contributed by atoms with Gasteiger partial charge in [0.2, 0.25) is 0 Å². The fourth-order valence-corrected chi connectivity index (χ4v) is 4.67. The number of ether oxygens (including phenoxy) is 3. The maximum atomic E-state index is 13.5. The molecule has 9 heteroatoms. The van der Waals surface area contributed by atoms with Crippen LogP contribution in [0.25, 0.3) is 0 Å². The van der Waals surface area contributed by atoms with E-state index >= 15 is 0 Å². The van der Waals surface area contributed by atoms with Gasteiger partial charge in [-0.3, -0.25) is 4.31 Å². The van der Waals surface area contributed by atoms with Crippen molar-refractivity contribution < 1.29 is 35.0 Å². The number of methoxy groups -OCH3 is 1. The quantitative estimate of drug-likeness (QED) is 0.530. The van der Waals surface area contributed by atoms with Gasteiger partial charge in [-0.05, 0) is 49.5 Å². The van der Waals surface area contributed by atoms with Crippen LogP contribution in [0.5, 0.6) is 17.2 Å². The third-order valence-corrected chi connectivity index (χ3v) is 6.82. The summed E-state index contributed by atoms with van der Waals surface area (Å²) in [5.74, 6) is 1.80. The molecule has 0 aliphatic carbocycles. The van der Waals surface area contributed by atoms with E-state index in [4.69, 9.17) is 14.2 Å². The highest BCUT2D eigenvalue weighted by molar-refractivity contribution is 7.92. The first-order valence-electron chi connectivity index (χ1n) is 9.78. The van der Waals surface area contributed by atoms with Crippen molar-refractivity contribution in [1.29, 1.82) is 0 Å². The summed E-state index contributed by atoms with van der Waals surface area (Å²) in [4.78, 5) is 2.40. The van der Waals surface area contributed by atoms with Crippen molar-refractivity contribution in [3.05, 3.63) is 42.5 Å². The van der Waals surface area contributed by atoms with E-state index in [0.717, 1.165) is 13.1 Å². The van der Waals surface area contributed by atoms with Gasteiger partial charge in [-0.2, -0.15) is 0 Å². The minimum Gasteiger partial charge on any atom is -1.00 e. The average Bonchev–Trinajstić information content (AvgIpc) is 2.76. The van der Waals surface area contributed by atoms with Gasteiger partial charge in [0.15, 0.2) is 11.5 Å². The van der Waals surface area contributed by atoms with Crippen LogP contribution < -0.4 is 30.9 Å². The first kappa shape index (κ1) is 24.1. The molecule has 2 aromatic carbocycles. The Morgan fingerprint density at radius 1 is 0.933 bits per heavy atom. The van der Waals surface area contributed by atoms with E-state index < -0.39 is 10.0 Å². The van der Waals surface area contributed by atoms with E-state index in [9.17, 15) is 8.42 Å². The van der Waals surface area contributed by atoms with Crippen LogP contribution in [0.3, 0.4) is 0 Å². The van der Waals surface area contributed by atoms with E-state index in [0.29, 0.717) is 49.2 Å². The van der Waals surface area contributed by atoms with Gasteiger partial charge in [-0.15, -0.1) is 0 Å². The highest BCUT2D eigenvalue weighted by Crippen LogP contribution is 2.35. The number of hydrogen-bond donors (Lipinski definition) is 0. The lowest BCUT2D eigenvalue weighted by Gasteiger charge is -2.29. The molecule has 0 unspecified atom stereocenters. The van der Waals surface area contributed by atoms with Crippen molar-refractivity contribution in [1.82, 2.24) is 4.90 Å². The molecule has 1 aliphatic heterocycles. The topological polar surface area (TPSA) is 68.3 Å². The summed E-state index contributed by atoms with van der Waals surface area (Å²) >= 11 is 0. The lowest BCUT2D eigenvalue weighted by atomic mass is 10.2. The molecule has 0 N–H and O–H groups in total. The van der Waals surface area contributed by atoms with Gasteiger partial charge in [0.05, 0.1) is 17.7 Å². The fraction of sp³-hybridized carbons (Fsp3) is 0.429. The number of hydrogen-bond acceptors (Lipinski definition) is 6. The van der Waals surface area contributed by atoms with Crippen LogP contribution in [0.15, 0.2) is 47.4 Å². The van der Waals surface area contributed by atoms with Gasteiger partial charge >= 0.3 is 0 Å². The van der Waals surface area contributed by atoms with Gasteiger partial charge in [0, 0.05) is 19.2 Å². The first-order valence-corrected chi connectivity index (χ1v) is 11.2. The molecule has 0 spiro atoms. The number of rotatable bonds is 9. The minimum absolute atomic E-state index is 0. The van der Waals surface area contributed by atoms with E-state index in [1.807, 2.05) is 0 Å². The second-order valence-electron chi connectivity index (χ2n) is 6.61. The second kappa shape index (κ2) is 10.7. The molecule has 1 aliphatic rings. The highest BCUT2D eigenvalue weighted by atomic mass is 35.5. The summed E-state index contributed by atoms with van der Waals surface area (Å²) in [6.07, 6.45) is 0. The molecular weight excluding hydrogens is 428 g/mol. The zero-order valence-corrected chi connectivity index (χ0v) is 19.1. The van der Waals surface area contributed by atoms with Crippen molar-refractivity contribution in [2.24, 2.45) is 0 Å². The molecule has 7 nitrogen and oxygen atoms in total. The van der Waals surface area contributed by atoms with Crippen LogP contribution in [0.4, 0.5) is 5.69 Å². The Kier molecular flexibility index (Phi) is 8.64. The molecule has 0 saturated carbocycles. The molecule has 2 aromatic rings. The molecule has 0 saturated heterocycles. The molecule has 0 bridgehead atoms. The Morgan fingerprint density at radius 3 is 2.17 bits per heavy atom. The number of benzene rings is 2. The largest absolute Gasteiger partial charge is 1.00 e. The second-order valence-corrected chi connectivity index (χ2v) is 8.47. The molecule has 30 heavy (non-hydrogen) atoms. The van der Waals surface area contributed by atoms with Gasteiger partial charge in [-0.1, -0.05) is 13.8 Å². The predicted octanol–water partition coefficient (Wildman–Crippen LogP) is 0.00750. The summed E-state index contributed by atoms with van der Waals surface area (Å²) in [5.41, 5.74) is 0.553. The van der Waals surface area contributed by atoms with Crippen LogP contribution in [-0.2, 0) is 10.0 Å². The molecule has 3 rings (SSSR count). The Morgan fingerprint density at radius 2 is 1.57 bits per heavy atom. The lowest BCUT2D eigenvalue weighted by molar-refractivity contribution is -0.00000927. The Labute approximate surface area is 185 Å². The van der Waals surface area contributed by atoms with E-state index in [1.54, 1.807) is 49.6 Å². The molecule has 0 radical (unpaired) electrons. The average molecular weight is 456 g/mol. The van der Waals surface area contributed by atoms with Crippen molar-refractivity contribution in [2.45, 2.75) is 18.7 Å². The SMILES string of the molecule is CCN(CC)CCN(c1ccc2c(c1)OCCO2)S(=O)(=O)c1ccc(OC)cc1.[Cl-]. The normalized spacial score (nSPS) is 12.9. The Balaban J connectivity index is 0.00000320. The van der Waals surface area contributed by atoms with Gasteiger partial charge in [0.25, 0.3) is 10.0 Å². The molecule has 0 amide bonds. The van der Waals surface area contributed by atoms with Crippen LogP contribution in [0.2, 0.25) is 0 Å². The first-order chi connectivity index (χ1) is 14.0. The van der Waals surface area contributed by atoms with E-state index in [-0.39, 0.29) is 17.3 Å². The number of fused-ring (bicyclic) bond motifs is 1. The Hall–Kier alpha value is -2.16. The molecule has 166 valence electrons. The minimum atomic E-state index is -3.76. The number of nitrogens with zero attached hydrogens (tertiary/aromatic N) is 2. The predicted molar refractivity (Wildman–Crippen MR) is 113 cm³/mol. The number of anilines is 1. The van der Waals surface area contributed by atoms with Crippen LogP contribution in [0, 0.1) is 0 Å². The molecular formula is C21H28ClN2O5S-. The third-order valence-electron chi connectivity index (χ3n) is 4.97. The maximum Gasteiger partial charge on any atom is 0.264 e. The summed E-state index contributed by atoms with van der Waals surface area (Å²) in [6, 6.07) is 11.7. The standard InChI is InChI=1S/C21H28N2O5S.ClH/c1-4-22(5-2)12-13-23(17-6-11-20-21(16-17)28-15-14-27-20)29(24,25)19-9-7-18(26-3)8-10-19;/h6-11,16H,4-5,12-15H2,1-3H3;1H/p-1. The van der Waals surface area contributed by atoms with Crippen molar-refractivity contribution >= 4 is 15.7 Å². The Bertz CT molecular complexity index is 917. The van der Waals surface area contributed by atoms with E-state index in [1.165, 1.54) is 4.31 Å². The zero-order valence-electron chi connectivity index (χ0n) is 17.5. The lowest BCUT2D eigenvalue weighted by Crippen LogP contribution is -3.00. The number of likely N-dealkylation sites (N-methyl/N-ethyl adjacent to an activating group) is 1. The van der Waals surface area contributed by atoms with Crippen molar-refractivity contribution in [3.8, 4) is 17.2 Å². The van der Waals surface area contributed by atoms with Gasteiger partial charge in [0.1, 0.15) is 19.0 Å². The molecule has 0 atom stereocenters. The fourth-order valence-electron chi connectivity index (χ4n) is 3.22. The summed E-state index contributed by atoms with van der Waals surface area (Å²) in [5, 5.41) is 0. The summed E-state index contributed by atoms with van der Waals surface area (Å²) in [7, 11) is -2.21. The van der Waals surface area contributed by atoms with Gasteiger partial charge in [-0.25, -0.2) is 8.42 Å². The van der Waals surface area contributed by atoms with E-state index in [2.05, 4.69) is 18.7 Å². The number of sulfonamides is 1. The smallest absolute Gasteiger partial charge is 0.264 e. The molecule has 1 heterocycles. The highest BCUT2D eigenvalue weighted by Gasteiger charge is 2.27. The van der Waals surface area contributed by atoms with Crippen LogP contribution in [0.1, 0.15) is 13.8 Å². The maximum absolute atomic E-state index is 13.5. The van der Waals surface area contributed by atoms with Crippen molar-refractivity contribution in [2.75, 3.05) is 50.8 Å². The van der Waals surface area contributed by atoms with Crippen LogP contribution in [-0.4, -0.2) is 59.8 Å². The molecule has 0 aromatic heterocycles. The number of halogens is 1. The van der Waals surface area contributed by atoms with Crippen LogP contribution >= 0.6 is 0 Å². The zero-order chi connectivity index (χ0) is 20.9. The van der Waals surface area contributed by atoms with Gasteiger partial charge < -0.3 is 31.5 Å². The molecule has 0 fully saturated rings. The van der Waals surface area contributed by atoms with Crippen molar-refractivity contribution in [3.63, 3.8) is 0 Å². The third kappa shape index (κ3) is 5.30. The summed E-state index contributed by atoms with van der Waals surface area (Å²) in [6.45, 7) is 7.73. The monoisotopic (exact) mass is 455 g/mol.